The van der Waals surface area contributed by atoms with Crippen molar-refractivity contribution in [3.05, 3.63) is 11.9 Å². The number of nitrogens with one attached hydrogen (secondary N) is 1. The number of hydrogen-bond acceptors (Lipinski definition) is 6. The lowest BCUT2D eigenvalue weighted by Gasteiger charge is -2.18. The highest BCUT2D eigenvalue weighted by Gasteiger charge is 2.11. The van der Waals surface area contributed by atoms with E-state index >= 15 is 0 Å². The van der Waals surface area contributed by atoms with E-state index in [0.717, 1.165) is 0 Å². The minimum Gasteiger partial charge on any atom is -0.474 e. The van der Waals surface area contributed by atoms with Gasteiger partial charge in [-0.2, -0.15) is 4.98 Å². The smallest absolute Gasteiger partial charge is 0.219 e. The molecule has 1 aromatic rings. The summed E-state index contributed by atoms with van der Waals surface area (Å²) in [6.45, 7) is 6.49. The van der Waals surface area contributed by atoms with Gasteiger partial charge in [0.25, 0.3) is 0 Å². The van der Waals surface area contributed by atoms with Crippen LogP contribution >= 0.6 is 0 Å². The molecule has 0 aromatic carbocycles. The van der Waals surface area contributed by atoms with Gasteiger partial charge in [-0.1, -0.05) is 13.8 Å². The van der Waals surface area contributed by atoms with Crippen molar-refractivity contribution in [2.24, 2.45) is 11.8 Å². The minimum atomic E-state index is 0.0749. The molecule has 96 valence electrons. The Hall–Kier alpha value is -1.40. The molecule has 1 aromatic heterocycles. The molecule has 0 saturated heterocycles. The van der Waals surface area contributed by atoms with Crippen LogP contribution in [0.25, 0.3) is 0 Å². The van der Waals surface area contributed by atoms with Gasteiger partial charge in [0.2, 0.25) is 5.88 Å². The normalized spacial score (nSPS) is 12.6. The lowest BCUT2D eigenvalue weighted by Crippen LogP contribution is -2.20. The van der Waals surface area contributed by atoms with E-state index < -0.39 is 0 Å². The second-order valence-corrected chi connectivity index (χ2v) is 4.15. The van der Waals surface area contributed by atoms with E-state index in [2.05, 4.69) is 29.2 Å². The molecule has 17 heavy (non-hydrogen) atoms. The summed E-state index contributed by atoms with van der Waals surface area (Å²) in [5.74, 6) is 7.29. The van der Waals surface area contributed by atoms with Crippen LogP contribution in [0.2, 0.25) is 0 Å². The van der Waals surface area contributed by atoms with Gasteiger partial charge in [-0.15, -0.1) is 0 Å². The van der Waals surface area contributed by atoms with Gasteiger partial charge in [0, 0.05) is 13.2 Å². The fourth-order valence-electron chi connectivity index (χ4n) is 1.13. The molecule has 0 bridgehead atoms. The summed E-state index contributed by atoms with van der Waals surface area (Å²) in [5, 5.41) is 0. The van der Waals surface area contributed by atoms with Crippen molar-refractivity contribution in [1.82, 2.24) is 9.97 Å². The Morgan fingerprint density at radius 1 is 1.35 bits per heavy atom. The number of nitrogens with two attached hydrogens (primary N) is 1. The number of ether oxygens (including phenoxy) is 2. The van der Waals surface area contributed by atoms with Crippen LogP contribution in [-0.2, 0) is 11.3 Å². The van der Waals surface area contributed by atoms with Gasteiger partial charge < -0.3 is 14.9 Å². The van der Waals surface area contributed by atoms with Crippen molar-refractivity contribution in [3.63, 3.8) is 0 Å². The van der Waals surface area contributed by atoms with E-state index in [1.165, 1.54) is 0 Å². The third-order valence-electron chi connectivity index (χ3n) is 2.42. The first-order chi connectivity index (χ1) is 8.06. The molecule has 3 N–H and O–H groups in total. The van der Waals surface area contributed by atoms with E-state index in [4.69, 9.17) is 15.3 Å². The first kappa shape index (κ1) is 13.7. The molecule has 0 aliphatic rings. The van der Waals surface area contributed by atoms with Crippen molar-refractivity contribution in [2.45, 2.75) is 33.5 Å². The number of hydrogen-bond donors (Lipinski definition) is 2. The predicted octanol–water partition coefficient (Wildman–Crippen LogP) is 1.33. The first-order valence-corrected chi connectivity index (χ1v) is 5.57. The van der Waals surface area contributed by atoms with E-state index in [-0.39, 0.29) is 6.10 Å². The lowest BCUT2D eigenvalue weighted by molar-refractivity contribution is 0.156. The monoisotopic (exact) mass is 240 g/mol. The molecule has 6 heteroatoms. The third-order valence-corrected chi connectivity index (χ3v) is 2.42. The summed E-state index contributed by atoms with van der Waals surface area (Å²) < 4.78 is 10.7. The summed E-state index contributed by atoms with van der Waals surface area (Å²) in [6, 6.07) is 1.66. The number of aromatic nitrogens is 2. The Morgan fingerprint density at radius 3 is 2.59 bits per heavy atom. The van der Waals surface area contributed by atoms with Gasteiger partial charge in [-0.3, -0.25) is 0 Å². The summed E-state index contributed by atoms with van der Waals surface area (Å²) in [7, 11) is 1.59. The maximum atomic E-state index is 5.70. The molecule has 0 radical (unpaired) electrons. The van der Waals surface area contributed by atoms with Crippen molar-refractivity contribution in [2.75, 3.05) is 12.5 Å². The van der Waals surface area contributed by atoms with E-state index in [1.54, 1.807) is 13.2 Å². The Balaban J connectivity index is 2.86. The molecule has 1 rings (SSSR count). The van der Waals surface area contributed by atoms with Gasteiger partial charge in [0.15, 0.2) is 5.82 Å². The number of nitrogen functional groups attached to an aromatic ring is 1. The maximum absolute atomic E-state index is 5.70. The fraction of sp³-hybridized carbons (Fsp3) is 0.636. The highest BCUT2D eigenvalue weighted by atomic mass is 16.5. The average Bonchev–Trinajstić information content (AvgIpc) is 2.28. The maximum Gasteiger partial charge on any atom is 0.219 e. The van der Waals surface area contributed by atoms with Crippen LogP contribution in [0, 0.1) is 5.92 Å². The van der Waals surface area contributed by atoms with Crippen LogP contribution in [-0.4, -0.2) is 23.2 Å². The average molecular weight is 240 g/mol. The van der Waals surface area contributed by atoms with Gasteiger partial charge in [-0.25, -0.2) is 10.8 Å². The van der Waals surface area contributed by atoms with E-state index in [0.29, 0.717) is 30.0 Å². The van der Waals surface area contributed by atoms with Gasteiger partial charge in [-0.05, 0) is 12.8 Å². The molecule has 0 saturated carbocycles. The molecule has 6 nitrogen and oxygen atoms in total. The van der Waals surface area contributed by atoms with Crippen molar-refractivity contribution in [3.8, 4) is 5.88 Å². The largest absolute Gasteiger partial charge is 0.474 e. The van der Waals surface area contributed by atoms with E-state index in [1.807, 2.05) is 6.92 Å². The molecule has 1 unspecified atom stereocenters. The zero-order chi connectivity index (χ0) is 12.8. The summed E-state index contributed by atoms with van der Waals surface area (Å²) in [5.41, 5.74) is 2.48. The number of methoxy groups -OCH3 is 1. The van der Waals surface area contributed by atoms with Crippen LogP contribution in [0.5, 0.6) is 5.88 Å². The Bertz CT molecular complexity index is 357. The SMILES string of the molecule is COCc1nc(NN)cc(OC(C)C(C)C)n1. The number of hydrazine groups is 1. The Labute approximate surface area is 102 Å². The highest BCUT2D eigenvalue weighted by Crippen LogP contribution is 2.17. The number of rotatable bonds is 6. The van der Waals surface area contributed by atoms with Crippen LogP contribution in [0.15, 0.2) is 6.07 Å². The van der Waals surface area contributed by atoms with Crippen LogP contribution in [0.3, 0.4) is 0 Å². The Morgan fingerprint density at radius 2 is 2.06 bits per heavy atom. The summed E-state index contributed by atoms with van der Waals surface area (Å²) >= 11 is 0. The second-order valence-electron chi connectivity index (χ2n) is 4.15. The van der Waals surface area contributed by atoms with Gasteiger partial charge in [0.1, 0.15) is 12.4 Å². The van der Waals surface area contributed by atoms with Gasteiger partial charge in [0.05, 0.1) is 6.10 Å². The molecular weight excluding hydrogens is 220 g/mol. The van der Waals surface area contributed by atoms with Crippen LogP contribution < -0.4 is 16.0 Å². The minimum absolute atomic E-state index is 0.0749. The summed E-state index contributed by atoms with van der Waals surface area (Å²) in [4.78, 5) is 8.38. The second kappa shape index (κ2) is 6.36. The quantitative estimate of drug-likeness (QED) is 0.576. The topological polar surface area (TPSA) is 82.3 Å². The molecule has 0 aliphatic carbocycles. The zero-order valence-electron chi connectivity index (χ0n) is 10.7. The zero-order valence-corrected chi connectivity index (χ0v) is 10.7. The van der Waals surface area contributed by atoms with E-state index in [9.17, 15) is 0 Å². The molecule has 0 fully saturated rings. The Kier molecular flexibility index (Phi) is 5.11. The third kappa shape index (κ3) is 4.16. The molecular formula is C11H20N4O2. The lowest BCUT2D eigenvalue weighted by atomic mass is 10.1. The molecule has 0 amide bonds. The fourth-order valence-corrected chi connectivity index (χ4v) is 1.13. The predicted molar refractivity (Wildman–Crippen MR) is 65.5 cm³/mol. The van der Waals surface area contributed by atoms with Crippen molar-refractivity contribution in [1.29, 1.82) is 0 Å². The molecule has 0 spiro atoms. The number of anilines is 1. The molecule has 0 aliphatic heterocycles. The molecule has 1 atom stereocenters. The van der Waals surface area contributed by atoms with Crippen LogP contribution in [0.1, 0.15) is 26.6 Å². The molecule has 1 heterocycles. The van der Waals surface area contributed by atoms with Crippen molar-refractivity contribution < 1.29 is 9.47 Å². The number of nitrogens with zero attached hydrogens (tertiary/aromatic N) is 2. The van der Waals surface area contributed by atoms with Crippen molar-refractivity contribution >= 4 is 5.82 Å². The van der Waals surface area contributed by atoms with Gasteiger partial charge >= 0.3 is 0 Å². The highest BCUT2D eigenvalue weighted by molar-refractivity contribution is 5.36. The van der Waals surface area contributed by atoms with Crippen LogP contribution in [0.4, 0.5) is 5.82 Å². The first-order valence-electron chi connectivity index (χ1n) is 5.57. The summed E-state index contributed by atoms with van der Waals surface area (Å²) in [6.07, 6.45) is 0.0749. The standard InChI is InChI=1S/C11H20N4O2/c1-7(2)8(3)17-11-5-9(15-12)13-10(14-11)6-16-4/h5,7-8H,6,12H2,1-4H3,(H,13,14,15).